The number of rotatable bonds is 4. The molecule has 0 saturated carbocycles. The van der Waals surface area contributed by atoms with E-state index in [1.165, 1.54) is 7.05 Å². The maximum absolute atomic E-state index is 12.3. The SMILES string of the molecule is C=C(C)/C(=C/F)OCc1ccccc1.CN. The molecule has 0 aliphatic rings. The molecule has 1 aromatic carbocycles. The van der Waals surface area contributed by atoms with Crippen molar-refractivity contribution >= 4 is 0 Å². The number of halogens is 1. The van der Waals surface area contributed by atoms with Crippen molar-refractivity contribution in [2.45, 2.75) is 13.5 Å². The van der Waals surface area contributed by atoms with Crippen LogP contribution >= 0.6 is 0 Å². The summed E-state index contributed by atoms with van der Waals surface area (Å²) < 4.78 is 17.5. The molecule has 0 unspecified atom stereocenters. The molecule has 3 heteroatoms. The van der Waals surface area contributed by atoms with Gasteiger partial charge in [-0.25, -0.2) is 4.39 Å². The first kappa shape index (κ1) is 14.4. The highest BCUT2D eigenvalue weighted by Gasteiger charge is 1.99. The molecule has 2 N–H and O–H groups in total. The van der Waals surface area contributed by atoms with Crippen LogP contribution in [-0.4, -0.2) is 7.05 Å². The monoisotopic (exact) mass is 223 g/mol. The van der Waals surface area contributed by atoms with E-state index in [0.717, 1.165) is 5.56 Å². The number of hydrogen-bond acceptors (Lipinski definition) is 2. The van der Waals surface area contributed by atoms with Crippen molar-refractivity contribution in [3.63, 3.8) is 0 Å². The van der Waals surface area contributed by atoms with Crippen LogP contribution < -0.4 is 5.73 Å². The first-order chi connectivity index (χ1) is 7.74. The molecule has 0 radical (unpaired) electrons. The van der Waals surface area contributed by atoms with E-state index in [-0.39, 0.29) is 5.76 Å². The van der Waals surface area contributed by atoms with Crippen LogP contribution in [0.5, 0.6) is 0 Å². The Morgan fingerprint density at radius 2 is 1.94 bits per heavy atom. The molecule has 0 atom stereocenters. The van der Waals surface area contributed by atoms with Gasteiger partial charge in [0.2, 0.25) is 0 Å². The largest absolute Gasteiger partial charge is 0.486 e. The van der Waals surface area contributed by atoms with Crippen LogP contribution in [0, 0.1) is 0 Å². The predicted octanol–water partition coefficient (Wildman–Crippen LogP) is 3.17. The van der Waals surface area contributed by atoms with Gasteiger partial charge in [-0.3, -0.25) is 0 Å². The summed E-state index contributed by atoms with van der Waals surface area (Å²) in [5, 5.41) is 0. The van der Waals surface area contributed by atoms with E-state index in [9.17, 15) is 4.39 Å². The van der Waals surface area contributed by atoms with Crippen molar-refractivity contribution in [3.05, 3.63) is 60.1 Å². The van der Waals surface area contributed by atoms with Crippen LogP contribution in [0.1, 0.15) is 12.5 Å². The highest BCUT2D eigenvalue weighted by atomic mass is 19.1. The average molecular weight is 223 g/mol. The second-order valence-corrected chi connectivity index (χ2v) is 3.03. The van der Waals surface area contributed by atoms with Crippen molar-refractivity contribution in [2.75, 3.05) is 7.05 Å². The van der Waals surface area contributed by atoms with E-state index >= 15 is 0 Å². The maximum Gasteiger partial charge on any atom is 0.150 e. The van der Waals surface area contributed by atoms with Crippen molar-refractivity contribution in [2.24, 2.45) is 5.73 Å². The fraction of sp³-hybridized carbons (Fsp3) is 0.231. The summed E-state index contributed by atoms with van der Waals surface area (Å²) in [5.41, 5.74) is 6.09. The summed E-state index contributed by atoms with van der Waals surface area (Å²) in [6, 6.07) is 9.60. The van der Waals surface area contributed by atoms with Gasteiger partial charge < -0.3 is 10.5 Å². The summed E-state index contributed by atoms with van der Waals surface area (Å²) in [6.45, 7) is 5.67. The zero-order valence-electron chi connectivity index (χ0n) is 9.74. The summed E-state index contributed by atoms with van der Waals surface area (Å²) in [7, 11) is 1.50. The van der Waals surface area contributed by atoms with Crippen molar-refractivity contribution in [1.29, 1.82) is 0 Å². The third kappa shape index (κ3) is 5.32. The molecule has 0 bridgehead atoms. The number of benzene rings is 1. The standard InChI is InChI=1S/C12H13FO.CH5N/c1-10(2)12(8-13)14-9-11-6-4-3-5-7-11;1-2/h3-8H,1,9H2,2H3;2H2,1H3/b12-8-;. The smallest absolute Gasteiger partial charge is 0.150 e. The zero-order chi connectivity index (χ0) is 12.4. The van der Waals surface area contributed by atoms with Gasteiger partial charge in [-0.15, -0.1) is 0 Å². The van der Waals surface area contributed by atoms with Gasteiger partial charge in [0, 0.05) is 0 Å². The van der Waals surface area contributed by atoms with Crippen LogP contribution in [-0.2, 0) is 11.3 Å². The highest BCUT2D eigenvalue weighted by Crippen LogP contribution is 2.12. The minimum Gasteiger partial charge on any atom is -0.486 e. The van der Waals surface area contributed by atoms with Gasteiger partial charge in [0.15, 0.2) is 0 Å². The number of ether oxygens (including phenoxy) is 1. The first-order valence-corrected chi connectivity index (χ1v) is 4.94. The molecule has 0 aromatic heterocycles. The lowest BCUT2D eigenvalue weighted by Gasteiger charge is -2.08. The second-order valence-electron chi connectivity index (χ2n) is 3.03. The van der Waals surface area contributed by atoms with Crippen LogP contribution in [0.2, 0.25) is 0 Å². The Morgan fingerprint density at radius 3 is 2.38 bits per heavy atom. The Labute approximate surface area is 96.2 Å². The Hall–Kier alpha value is -1.61. The first-order valence-electron chi connectivity index (χ1n) is 4.94. The van der Waals surface area contributed by atoms with E-state index in [1.807, 2.05) is 30.3 Å². The van der Waals surface area contributed by atoms with Gasteiger partial charge in [-0.05, 0) is 25.1 Å². The number of nitrogens with two attached hydrogens (primary N) is 1. The highest BCUT2D eigenvalue weighted by molar-refractivity contribution is 5.19. The van der Waals surface area contributed by atoms with Gasteiger partial charge in [0.1, 0.15) is 18.7 Å². The molecule has 1 rings (SSSR count). The molecular weight excluding hydrogens is 205 g/mol. The minimum absolute atomic E-state index is 0.203. The number of hydrogen-bond donors (Lipinski definition) is 1. The fourth-order valence-electron chi connectivity index (χ4n) is 0.983. The van der Waals surface area contributed by atoms with E-state index in [2.05, 4.69) is 12.3 Å². The molecule has 0 aliphatic heterocycles. The van der Waals surface area contributed by atoms with Gasteiger partial charge in [0.05, 0.1) is 0 Å². The molecule has 0 spiro atoms. The van der Waals surface area contributed by atoms with Crippen LogP contribution in [0.15, 0.2) is 54.6 Å². The normalized spacial score (nSPS) is 10.1. The van der Waals surface area contributed by atoms with E-state index in [0.29, 0.717) is 18.5 Å². The van der Waals surface area contributed by atoms with Crippen LogP contribution in [0.3, 0.4) is 0 Å². The summed E-state index contributed by atoms with van der Waals surface area (Å²) in [5.74, 6) is 0.203. The Bertz CT molecular complexity index is 333. The van der Waals surface area contributed by atoms with E-state index in [1.54, 1.807) is 6.92 Å². The van der Waals surface area contributed by atoms with Crippen molar-refractivity contribution < 1.29 is 9.13 Å². The van der Waals surface area contributed by atoms with Gasteiger partial charge >= 0.3 is 0 Å². The predicted molar refractivity (Wildman–Crippen MR) is 65.3 cm³/mol. The van der Waals surface area contributed by atoms with Crippen molar-refractivity contribution in [1.82, 2.24) is 0 Å². The topological polar surface area (TPSA) is 35.2 Å². The molecule has 0 amide bonds. The molecule has 0 fully saturated rings. The van der Waals surface area contributed by atoms with Crippen LogP contribution in [0.4, 0.5) is 4.39 Å². The minimum atomic E-state index is 0.203. The van der Waals surface area contributed by atoms with E-state index < -0.39 is 0 Å². The summed E-state index contributed by atoms with van der Waals surface area (Å²) in [6.07, 6.45) is 0.436. The molecular formula is C13H18FNO. The molecule has 0 saturated heterocycles. The van der Waals surface area contributed by atoms with Crippen LogP contribution in [0.25, 0.3) is 0 Å². The Morgan fingerprint density at radius 1 is 1.38 bits per heavy atom. The molecule has 2 nitrogen and oxygen atoms in total. The third-order valence-corrected chi connectivity index (χ3v) is 1.76. The lowest BCUT2D eigenvalue weighted by atomic mass is 10.2. The lowest BCUT2D eigenvalue weighted by molar-refractivity contribution is 0.201. The van der Waals surface area contributed by atoms with E-state index in [4.69, 9.17) is 4.74 Å². The maximum atomic E-state index is 12.3. The zero-order valence-corrected chi connectivity index (χ0v) is 9.74. The molecule has 1 aromatic rings. The number of allylic oxidation sites excluding steroid dienone is 1. The van der Waals surface area contributed by atoms with Gasteiger partial charge in [-0.2, -0.15) is 0 Å². The lowest BCUT2D eigenvalue weighted by Crippen LogP contribution is -1.93. The molecule has 0 heterocycles. The Kier molecular flexibility index (Phi) is 7.81. The average Bonchev–Trinajstić information content (AvgIpc) is 2.33. The van der Waals surface area contributed by atoms with Gasteiger partial charge in [0.25, 0.3) is 0 Å². The fourth-order valence-corrected chi connectivity index (χ4v) is 0.983. The summed E-state index contributed by atoms with van der Waals surface area (Å²) >= 11 is 0. The second kappa shape index (κ2) is 8.68. The third-order valence-electron chi connectivity index (χ3n) is 1.76. The molecule has 88 valence electrons. The van der Waals surface area contributed by atoms with Gasteiger partial charge in [-0.1, -0.05) is 36.9 Å². The van der Waals surface area contributed by atoms with Crippen molar-refractivity contribution in [3.8, 4) is 0 Å². The Balaban J connectivity index is 0.00000106. The summed E-state index contributed by atoms with van der Waals surface area (Å²) in [4.78, 5) is 0. The molecule has 0 aliphatic carbocycles. The quantitative estimate of drug-likeness (QED) is 0.628. The molecule has 16 heavy (non-hydrogen) atoms.